The highest BCUT2D eigenvalue weighted by Crippen LogP contribution is 2.24. The Morgan fingerprint density at radius 1 is 1.20 bits per heavy atom. The van der Waals surface area contributed by atoms with Crippen molar-refractivity contribution < 1.29 is 9.50 Å². The summed E-state index contributed by atoms with van der Waals surface area (Å²) in [6.07, 6.45) is 3.77. The number of hydrogen-bond donors (Lipinski definition) is 2. The van der Waals surface area contributed by atoms with E-state index in [4.69, 9.17) is 10.8 Å². The van der Waals surface area contributed by atoms with E-state index in [-0.39, 0.29) is 24.5 Å². The van der Waals surface area contributed by atoms with Crippen LogP contribution in [0.25, 0.3) is 0 Å². The van der Waals surface area contributed by atoms with E-state index in [2.05, 4.69) is 18.9 Å². The number of unbranched alkanes of at least 4 members (excludes halogenated alkanes) is 2. The zero-order valence-electron chi connectivity index (χ0n) is 12.6. The molecule has 0 aromatic heterocycles. The fraction of sp³-hybridized carbons (Fsp3) is 0.625. The monoisotopic (exact) mass is 282 g/mol. The third-order valence-electron chi connectivity index (χ3n) is 3.73. The fourth-order valence-corrected chi connectivity index (χ4v) is 2.50. The van der Waals surface area contributed by atoms with E-state index in [1.54, 1.807) is 0 Å². The van der Waals surface area contributed by atoms with Crippen molar-refractivity contribution in [3.63, 3.8) is 0 Å². The second-order valence-corrected chi connectivity index (χ2v) is 5.33. The van der Waals surface area contributed by atoms with E-state index < -0.39 is 0 Å². The fourth-order valence-electron chi connectivity index (χ4n) is 2.50. The molecule has 0 saturated heterocycles. The molecular weight excluding hydrogens is 255 g/mol. The van der Waals surface area contributed by atoms with Crippen molar-refractivity contribution in [3.05, 3.63) is 35.6 Å². The minimum Gasteiger partial charge on any atom is -0.396 e. The first kappa shape index (κ1) is 17.1. The van der Waals surface area contributed by atoms with Gasteiger partial charge in [0.15, 0.2) is 0 Å². The summed E-state index contributed by atoms with van der Waals surface area (Å²) in [6, 6.07) is 6.76. The van der Waals surface area contributed by atoms with E-state index in [0.29, 0.717) is 0 Å². The Labute approximate surface area is 121 Å². The van der Waals surface area contributed by atoms with Crippen molar-refractivity contribution in [2.24, 2.45) is 5.73 Å². The van der Waals surface area contributed by atoms with Crippen molar-refractivity contribution in [2.75, 3.05) is 20.2 Å². The van der Waals surface area contributed by atoms with Gasteiger partial charge in [-0.25, -0.2) is 4.39 Å². The van der Waals surface area contributed by atoms with Gasteiger partial charge in [-0.1, -0.05) is 19.1 Å². The second-order valence-electron chi connectivity index (χ2n) is 5.33. The van der Waals surface area contributed by atoms with E-state index in [9.17, 15) is 4.39 Å². The average molecular weight is 282 g/mol. The molecule has 2 unspecified atom stereocenters. The van der Waals surface area contributed by atoms with Crippen molar-refractivity contribution in [1.29, 1.82) is 0 Å². The molecule has 0 bridgehead atoms. The van der Waals surface area contributed by atoms with Gasteiger partial charge in [0.1, 0.15) is 5.82 Å². The number of aliphatic hydroxyl groups is 1. The summed E-state index contributed by atoms with van der Waals surface area (Å²) in [6.45, 7) is 3.25. The van der Waals surface area contributed by atoms with Gasteiger partial charge in [-0.3, -0.25) is 4.90 Å². The molecule has 2 atom stereocenters. The predicted molar refractivity (Wildman–Crippen MR) is 81.0 cm³/mol. The van der Waals surface area contributed by atoms with Crippen molar-refractivity contribution in [3.8, 4) is 0 Å². The van der Waals surface area contributed by atoms with Crippen LogP contribution in [-0.4, -0.2) is 36.2 Å². The number of nitrogens with two attached hydrogens (primary N) is 1. The molecule has 3 N–H and O–H groups in total. The lowest BCUT2D eigenvalue weighted by atomic mass is 9.96. The lowest BCUT2D eigenvalue weighted by molar-refractivity contribution is 0.202. The molecule has 0 saturated carbocycles. The largest absolute Gasteiger partial charge is 0.396 e. The van der Waals surface area contributed by atoms with Gasteiger partial charge in [-0.2, -0.15) is 0 Å². The summed E-state index contributed by atoms with van der Waals surface area (Å²) in [7, 11) is 2.06. The Kier molecular flexibility index (Phi) is 7.73. The minimum atomic E-state index is -0.219. The molecule has 1 aromatic rings. The summed E-state index contributed by atoms with van der Waals surface area (Å²) >= 11 is 0. The molecular formula is C16H27FN2O. The predicted octanol–water partition coefficient (Wildman–Crippen LogP) is 2.70. The molecule has 3 nitrogen and oxygen atoms in total. The van der Waals surface area contributed by atoms with E-state index in [1.165, 1.54) is 12.1 Å². The summed E-state index contributed by atoms with van der Waals surface area (Å²) < 4.78 is 13.1. The molecule has 4 heteroatoms. The molecule has 0 amide bonds. The zero-order chi connectivity index (χ0) is 15.0. The molecule has 0 spiro atoms. The van der Waals surface area contributed by atoms with Gasteiger partial charge in [0.2, 0.25) is 0 Å². The first-order chi connectivity index (χ1) is 9.60. The van der Waals surface area contributed by atoms with Crippen LogP contribution in [0.3, 0.4) is 0 Å². The number of aliphatic hydroxyl groups excluding tert-OH is 1. The maximum absolute atomic E-state index is 13.1. The van der Waals surface area contributed by atoms with Crippen LogP contribution in [0.1, 0.15) is 44.2 Å². The quantitative estimate of drug-likeness (QED) is 0.685. The highest BCUT2D eigenvalue weighted by Gasteiger charge is 2.22. The Morgan fingerprint density at radius 3 is 2.40 bits per heavy atom. The molecule has 0 aliphatic rings. The lowest BCUT2D eigenvalue weighted by Gasteiger charge is -2.33. The van der Waals surface area contributed by atoms with Gasteiger partial charge >= 0.3 is 0 Å². The van der Waals surface area contributed by atoms with Crippen molar-refractivity contribution >= 4 is 0 Å². The Hall–Kier alpha value is -0.970. The SMILES string of the molecule is CCC(N)C(c1ccc(F)cc1)N(C)CCCCCO. The first-order valence-corrected chi connectivity index (χ1v) is 7.42. The van der Waals surface area contributed by atoms with Crippen molar-refractivity contribution in [2.45, 2.75) is 44.7 Å². The van der Waals surface area contributed by atoms with Gasteiger partial charge in [-0.15, -0.1) is 0 Å². The molecule has 1 aromatic carbocycles. The summed E-state index contributed by atoms with van der Waals surface area (Å²) in [5, 5.41) is 8.80. The van der Waals surface area contributed by atoms with E-state index in [1.807, 2.05) is 12.1 Å². The van der Waals surface area contributed by atoms with Gasteiger partial charge in [-0.05, 0) is 57.0 Å². The molecule has 114 valence electrons. The van der Waals surface area contributed by atoms with Gasteiger partial charge in [0.05, 0.1) is 0 Å². The average Bonchev–Trinajstić information content (AvgIpc) is 2.45. The highest BCUT2D eigenvalue weighted by atomic mass is 19.1. The first-order valence-electron chi connectivity index (χ1n) is 7.42. The van der Waals surface area contributed by atoms with Crippen LogP contribution in [0.5, 0.6) is 0 Å². The third-order valence-corrected chi connectivity index (χ3v) is 3.73. The molecule has 0 radical (unpaired) electrons. The number of likely N-dealkylation sites (N-methyl/N-ethyl adjacent to an activating group) is 1. The van der Waals surface area contributed by atoms with Crippen LogP contribution in [0.4, 0.5) is 4.39 Å². The number of benzene rings is 1. The maximum Gasteiger partial charge on any atom is 0.123 e. The standard InChI is InChI=1S/C16H27FN2O/c1-3-15(18)16(13-7-9-14(17)10-8-13)19(2)11-5-4-6-12-20/h7-10,15-16,20H,3-6,11-12,18H2,1-2H3. The molecule has 0 aliphatic heterocycles. The normalized spacial score (nSPS) is 14.5. The molecule has 0 heterocycles. The topological polar surface area (TPSA) is 49.5 Å². The zero-order valence-corrected chi connectivity index (χ0v) is 12.6. The highest BCUT2D eigenvalue weighted by molar-refractivity contribution is 5.21. The molecule has 1 rings (SSSR count). The van der Waals surface area contributed by atoms with Crippen LogP contribution in [0.15, 0.2) is 24.3 Å². The van der Waals surface area contributed by atoms with Gasteiger partial charge < -0.3 is 10.8 Å². The molecule has 0 fully saturated rings. The Bertz CT molecular complexity index is 369. The number of rotatable bonds is 9. The lowest BCUT2D eigenvalue weighted by Crippen LogP contribution is -2.39. The second kappa shape index (κ2) is 9.06. The van der Waals surface area contributed by atoms with Gasteiger partial charge in [0, 0.05) is 18.7 Å². The third kappa shape index (κ3) is 5.19. The summed E-state index contributed by atoms with van der Waals surface area (Å²) in [4.78, 5) is 2.23. The number of hydrogen-bond acceptors (Lipinski definition) is 3. The van der Waals surface area contributed by atoms with Crippen LogP contribution < -0.4 is 5.73 Å². The van der Waals surface area contributed by atoms with Crippen LogP contribution >= 0.6 is 0 Å². The van der Waals surface area contributed by atoms with Crippen LogP contribution in [0.2, 0.25) is 0 Å². The number of nitrogens with zero attached hydrogens (tertiary/aromatic N) is 1. The summed E-state index contributed by atoms with van der Waals surface area (Å²) in [5.74, 6) is -0.219. The maximum atomic E-state index is 13.1. The Morgan fingerprint density at radius 2 is 1.85 bits per heavy atom. The van der Waals surface area contributed by atoms with Gasteiger partial charge in [0.25, 0.3) is 0 Å². The van der Waals surface area contributed by atoms with E-state index >= 15 is 0 Å². The Balaban J connectivity index is 2.70. The summed E-state index contributed by atoms with van der Waals surface area (Å²) in [5.41, 5.74) is 7.30. The minimum absolute atomic E-state index is 0.0308. The van der Waals surface area contributed by atoms with Crippen LogP contribution in [0, 0.1) is 5.82 Å². The van der Waals surface area contributed by atoms with E-state index in [0.717, 1.165) is 37.8 Å². The smallest absolute Gasteiger partial charge is 0.123 e. The molecule has 0 aliphatic carbocycles. The van der Waals surface area contributed by atoms with Crippen LogP contribution in [-0.2, 0) is 0 Å². The number of halogens is 1. The molecule has 20 heavy (non-hydrogen) atoms. The van der Waals surface area contributed by atoms with Crippen molar-refractivity contribution in [1.82, 2.24) is 4.90 Å².